The number of pyridine rings is 1. The lowest BCUT2D eigenvalue weighted by Gasteiger charge is -2.39. The van der Waals surface area contributed by atoms with Crippen LogP contribution in [0.4, 0.5) is 15.8 Å². The highest BCUT2D eigenvalue weighted by atomic mass is 32.2. The zero-order valence-corrected chi connectivity index (χ0v) is 30.9. The monoisotopic (exact) mass is 748 g/mol. The summed E-state index contributed by atoms with van der Waals surface area (Å²) >= 11 is 1.55. The van der Waals surface area contributed by atoms with Crippen molar-refractivity contribution in [1.29, 1.82) is 0 Å². The van der Waals surface area contributed by atoms with Gasteiger partial charge >= 0.3 is 0 Å². The van der Waals surface area contributed by atoms with Crippen molar-refractivity contribution in [2.45, 2.75) is 74.6 Å². The lowest BCUT2D eigenvalue weighted by Crippen LogP contribution is -2.52. The molecule has 0 radical (unpaired) electrons. The van der Waals surface area contributed by atoms with Crippen molar-refractivity contribution in [2.24, 2.45) is 5.92 Å². The van der Waals surface area contributed by atoms with Gasteiger partial charge in [0.1, 0.15) is 11.9 Å². The standard InChI is InChI=1S/C42H45FN6O4S/c43-29-21-32-34(24-49(42(32)53)37-9-10-39(51)47-41(37)52)38(22-29)54-18-3-1-2-14-45-30-6-4-5-27(19-30)28-7-8-35-33(20-28)40-31(36(25-50)46-35)13-17-48(40)23-26-11-15-44-16-12-26/h4-8,11-12,15-16,19-22,31,36-37,40,45-46,50H,1-3,9-10,13-14,17-18,23-25H2,(H,47,51,52)/t31-,36-,37?,40-/m1/s1. The van der Waals surface area contributed by atoms with E-state index in [1.165, 1.54) is 33.7 Å². The van der Waals surface area contributed by atoms with Crippen molar-refractivity contribution in [3.05, 3.63) is 107 Å². The number of imide groups is 1. The molecule has 0 spiro atoms. The molecular weight excluding hydrogens is 704 g/mol. The number of unbranched alkanes of at least 4 members (excludes halogenated alkanes) is 2. The number of aliphatic hydroxyl groups is 1. The maximum Gasteiger partial charge on any atom is 0.255 e. The van der Waals surface area contributed by atoms with E-state index in [9.17, 15) is 23.9 Å². The molecule has 1 aromatic heterocycles. The number of aliphatic hydroxyl groups excluding tert-OH is 1. The van der Waals surface area contributed by atoms with E-state index in [0.717, 1.165) is 78.5 Å². The van der Waals surface area contributed by atoms with Crippen LogP contribution in [0.5, 0.6) is 0 Å². The van der Waals surface area contributed by atoms with Gasteiger partial charge < -0.3 is 20.6 Å². The number of nitrogens with zero attached hydrogens (tertiary/aromatic N) is 3. The van der Waals surface area contributed by atoms with Crippen molar-refractivity contribution < 1.29 is 23.9 Å². The highest BCUT2D eigenvalue weighted by Gasteiger charge is 2.44. The van der Waals surface area contributed by atoms with E-state index in [1.54, 1.807) is 11.8 Å². The molecule has 4 aliphatic rings. The molecule has 54 heavy (non-hydrogen) atoms. The predicted molar refractivity (Wildman–Crippen MR) is 207 cm³/mol. The van der Waals surface area contributed by atoms with Gasteiger partial charge in [-0.25, -0.2) is 4.39 Å². The summed E-state index contributed by atoms with van der Waals surface area (Å²) in [5.41, 5.74) is 8.07. The summed E-state index contributed by atoms with van der Waals surface area (Å²) in [6.07, 6.45) is 8.09. The normalized spacial score (nSPS) is 22.0. The Morgan fingerprint density at radius 3 is 2.65 bits per heavy atom. The van der Waals surface area contributed by atoms with Crippen molar-refractivity contribution in [3.8, 4) is 11.1 Å². The van der Waals surface area contributed by atoms with E-state index in [2.05, 4.69) is 80.4 Å². The van der Waals surface area contributed by atoms with Gasteiger partial charge in [0.25, 0.3) is 5.91 Å². The van der Waals surface area contributed by atoms with E-state index in [0.29, 0.717) is 11.5 Å². The van der Waals surface area contributed by atoms with Crippen LogP contribution in [-0.2, 0) is 22.7 Å². The van der Waals surface area contributed by atoms with Gasteiger partial charge in [-0.05, 0) is 114 Å². The topological polar surface area (TPSA) is 127 Å². The first kappa shape index (κ1) is 36.2. The number of piperidine rings is 1. The Kier molecular flexibility index (Phi) is 10.7. The fraction of sp³-hybridized carbons (Fsp3) is 0.381. The Bertz CT molecular complexity index is 2050. The second-order valence-corrected chi connectivity index (χ2v) is 15.8. The van der Waals surface area contributed by atoms with E-state index in [-0.39, 0.29) is 49.9 Å². The van der Waals surface area contributed by atoms with Gasteiger partial charge in [-0.3, -0.25) is 29.6 Å². The number of amides is 3. The molecule has 8 rings (SSSR count). The van der Waals surface area contributed by atoms with Crippen molar-refractivity contribution >= 4 is 40.9 Å². The highest BCUT2D eigenvalue weighted by Crippen LogP contribution is 2.48. The number of nitrogens with one attached hydrogen (secondary N) is 3. The van der Waals surface area contributed by atoms with Crippen LogP contribution in [0.25, 0.3) is 11.1 Å². The number of halogens is 1. The number of thioether (sulfide) groups is 1. The number of likely N-dealkylation sites (tertiary alicyclic amines) is 1. The lowest BCUT2D eigenvalue weighted by molar-refractivity contribution is -0.136. The van der Waals surface area contributed by atoms with E-state index >= 15 is 0 Å². The minimum absolute atomic E-state index is 0.0347. The SMILES string of the molecule is O=C1CCC(N2Cc3c(SCCCCCNc4cccc(-c5ccc6c(c5)[C@H]5[C@H](CCN5Cc5ccncc5)[C@@H](CO)N6)c4)cc(F)cc3C2=O)C(=O)N1. The molecule has 2 fully saturated rings. The summed E-state index contributed by atoms with van der Waals surface area (Å²) in [6, 6.07) is 21.6. The third kappa shape index (κ3) is 7.47. The van der Waals surface area contributed by atoms with Gasteiger partial charge in [-0.2, -0.15) is 0 Å². The Morgan fingerprint density at radius 1 is 0.963 bits per heavy atom. The van der Waals surface area contributed by atoms with Crippen LogP contribution in [0, 0.1) is 11.7 Å². The first-order chi connectivity index (χ1) is 26.4. The van der Waals surface area contributed by atoms with Gasteiger partial charge in [0.15, 0.2) is 0 Å². The number of aromatic nitrogens is 1. The Morgan fingerprint density at radius 2 is 1.81 bits per heavy atom. The number of carbonyl (C=O) groups is 3. The summed E-state index contributed by atoms with van der Waals surface area (Å²) in [6.45, 7) is 3.01. The first-order valence-corrected chi connectivity index (χ1v) is 19.9. The van der Waals surface area contributed by atoms with Gasteiger partial charge in [-0.1, -0.05) is 24.6 Å². The zero-order valence-electron chi connectivity index (χ0n) is 30.1. The second-order valence-electron chi connectivity index (χ2n) is 14.7. The summed E-state index contributed by atoms with van der Waals surface area (Å²) in [4.78, 5) is 46.1. The van der Waals surface area contributed by atoms with Crippen LogP contribution in [0.2, 0.25) is 0 Å². The molecule has 280 valence electrons. The third-order valence-corrected chi connectivity index (χ3v) is 12.5. The number of carbonyl (C=O) groups excluding carboxylic acids is 3. The van der Waals surface area contributed by atoms with Gasteiger partial charge in [0.2, 0.25) is 11.8 Å². The quantitative estimate of drug-likeness (QED) is 0.0701. The minimum atomic E-state index is -0.721. The Balaban J connectivity index is 0.850. The molecule has 12 heteroatoms. The Labute approximate surface area is 318 Å². The average Bonchev–Trinajstić information content (AvgIpc) is 3.75. The predicted octanol–water partition coefficient (Wildman–Crippen LogP) is 6.37. The summed E-state index contributed by atoms with van der Waals surface area (Å²) in [7, 11) is 0. The minimum Gasteiger partial charge on any atom is -0.394 e. The van der Waals surface area contributed by atoms with Crippen LogP contribution < -0.4 is 16.0 Å². The lowest BCUT2D eigenvalue weighted by atomic mass is 9.82. The van der Waals surface area contributed by atoms with E-state index in [4.69, 9.17) is 0 Å². The average molecular weight is 749 g/mol. The smallest absolute Gasteiger partial charge is 0.255 e. The molecule has 10 nitrogen and oxygen atoms in total. The van der Waals surface area contributed by atoms with Crippen molar-refractivity contribution in [2.75, 3.05) is 36.1 Å². The number of fused-ring (bicyclic) bond motifs is 4. The fourth-order valence-corrected chi connectivity index (χ4v) is 9.70. The maximum absolute atomic E-state index is 14.6. The Hall–Kier alpha value is -4.78. The van der Waals surface area contributed by atoms with Crippen LogP contribution >= 0.6 is 11.8 Å². The molecule has 0 aliphatic carbocycles. The molecule has 0 bridgehead atoms. The van der Waals surface area contributed by atoms with Crippen LogP contribution in [-0.4, -0.2) is 75.1 Å². The maximum atomic E-state index is 14.6. The fourth-order valence-electron chi connectivity index (χ4n) is 8.59. The third-order valence-electron chi connectivity index (χ3n) is 11.3. The molecule has 4 N–H and O–H groups in total. The largest absolute Gasteiger partial charge is 0.394 e. The molecular formula is C42H45FN6O4S. The van der Waals surface area contributed by atoms with Crippen LogP contribution in [0.1, 0.15) is 71.6 Å². The molecule has 1 unspecified atom stereocenters. The molecule has 4 aromatic rings. The van der Waals surface area contributed by atoms with Crippen molar-refractivity contribution in [1.82, 2.24) is 20.1 Å². The van der Waals surface area contributed by atoms with Gasteiger partial charge in [0, 0.05) is 72.2 Å². The van der Waals surface area contributed by atoms with E-state index < -0.39 is 17.8 Å². The summed E-state index contributed by atoms with van der Waals surface area (Å²) in [5, 5.41) is 19.8. The van der Waals surface area contributed by atoms with Gasteiger partial charge in [0.05, 0.1) is 12.6 Å². The number of benzene rings is 3. The number of hydrogen-bond donors (Lipinski definition) is 4. The molecule has 2 saturated heterocycles. The van der Waals surface area contributed by atoms with Crippen molar-refractivity contribution in [3.63, 3.8) is 0 Å². The van der Waals surface area contributed by atoms with Crippen LogP contribution in [0.3, 0.4) is 0 Å². The van der Waals surface area contributed by atoms with Gasteiger partial charge in [-0.15, -0.1) is 11.8 Å². The molecule has 3 amide bonds. The van der Waals surface area contributed by atoms with Crippen LogP contribution in [0.15, 0.2) is 84.0 Å². The molecule has 4 atom stereocenters. The highest BCUT2D eigenvalue weighted by molar-refractivity contribution is 7.99. The first-order valence-electron chi connectivity index (χ1n) is 18.9. The second kappa shape index (κ2) is 15.9. The summed E-state index contributed by atoms with van der Waals surface area (Å²) in [5.74, 6) is -0.508. The molecule has 4 aliphatic heterocycles. The number of rotatable bonds is 13. The number of anilines is 2. The molecule has 5 heterocycles. The molecule has 3 aromatic carbocycles. The molecule has 0 saturated carbocycles. The van der Waals surface area contributed by atoms with E-state index in [1.807, 2.05) is 12.4 Å². The number of hydrogen-bond acceptors (Lipinski definition) is 9. The summed E-state index contributed by atoms with van der Waals surface area (Å²) < 4.78 is 14.6. The zero-order chi connectivity index (χ0) is 37.2.